The van der Waals surface area contributed by atoms with Crippen molar-refractivity contribution in [3.8, 4) is 0 Å². The molecular formula is C15H19F. The molecule has 0 fully saturated rings. The van der Waals surface area contributed by atoms with Crippen LogP contribution in [0.3, 0.4) is 0 Å². The van der Waals surface area contributed by atoms with E-state index in [2.05, 4.69) is 26.8 Å². The zero-order valence-electron chi connectivity index (χ0n) is 10.5. The second kappa shape index (κ2) is 3.44. The van der Waals surface area contributed by atoms with E-state index in [9.17, 15) is 4.39 Å². The largest absolute Gasteiger partial charge is 0.239 e. The lowest BCUT2D eigenvalue weighted by atomic mass is 9.73. The van der Waals surface area contributed by atoms with Gasteiger partial charge in [-0.3, -0.25) is 0 Å². The predicted octanol–water partition coefficient (Wildman–Crippen LogP) is 2.80. The molecule has 1 aromatic carbocycles. The Morgan fingerprint density at radius 3 is 2.44 bits per heavy atom. The van der Waals surface area contributed by atoms with Gasteiger partial charge in [-0.2, -0.15) is 0 Å². The van der Waals surface area contributed by atoms with Gasteiger partial charge in [0, 0.05) is 6.42 Å². The molecule has 0 saturated carbocycles. The predicted molar refractivity (Wildman–Crippen MR) is 67.2 cm³/mol. The molecule has 1 unspecified atom stereocenters. The molecule has 0 aromatic heterocycles. The SMILES string of the molecule is CC(C)(C)C1=c2ccccc2=CCC1(C)F. The van der Waals surface area contributed by atoms with E-state index in [1.54, 1.807) is 6.92 Å². The first-order chi connectivity index (χ1) is 7.32. The van der Waals surface area contributed by atoms with Gasteiger partial charge in [-0.1, -0.05) is 51.1 Å². The summed E-state index contributed by atoms with van der Waals surface area (Å²) in [7, 11) is 0. The molecule has 86 valence electrons. The van der Waals surface area contributed by atoms with E-state index in [-0.39, 0.29) is 5.41 Å². The van der Waals surface area contributed by atoms with Crippen molar-refractivity contribution in [2.24, 2.45) is 5.41 Å². The van der Waals surface area contributed by atoms with Crippen LogP contribution in [-0.4, -0.2) is 5.67 Å². The normalized spacial score (nSPS) is 24.9. The van der Waals surface area contributed by atoms with Gasteiger partial charge in [-0.15, -0.1) is 0 Å². The lowest BCUT2D eigenvalue weighted by Gasteiger charge is -2.35. The van der Waals surface area contributed by atoms with Crippen molar-refractivity contribution in [2.75, 3.05) is 0 Å². The minimum absolute atomic E-state index is 0.131. The molecule has 0 spiro atoms. The first-order valence-electron chi connectivity index (χ1n) is 5.82. The van der Waals surface area contributed by atoms with Crippen LogP contribution in [0.15, 0.2) is 24.3 Å². The summed E-state index contributed by atoms with van der Waals surface area (Å²) in [5.41, 5.74) is -0.418. The first kappa shape index (κ1) is 11.4. The van der Waals surface area contributed by atoms with E-state index in [0.29, 0.717) is 6.42 Å². The maximum atomic E-state index is 14.6. The van der Waals surface area contributed by atoms with E-state index in [1.807, 2.05) is 24.3 Å². The standard InChI is InChI=1S/C15H19F/c1-14(2,3)13-12-8-6-5-7-11(12)9-10-15(13,4)16/h5-9H,10H2,1-4H3. The smallest absolute Gasteiger partial charge is 0.134 e. The molecule has 0 nitrogen and oxygen atoms in total. The Bertz CT molecular complexity index is 515. The second-order valence-electron chi connectivity index (χ2n) is 5.82. The average molecular weight is 218 g/mol. The molecule has 1 heteroatoms. The van der Waals surface area contributed by atoms with Crippen LogP contribution >= 0.6 is 0 Å². The van der Waals surface area contributed by atoms with Crippen molar-refractivity contribution >= 4 is 11.6 Å². The van der Waals surface area contributed by atoms with Gasteiger partial charge < -0.3 is 0 Å². The van der Waals surface area contributed by atoms with E-state index in [0.717, 1.165) is 10.8 Å². The third kappa shape index (κ3) is 1.79. The molecule has 0 amide bonds. The second-order valence-corrected chi connectivity index (χ2v) is 5.82. The third-order valence-electron chi connectivity index (χ3n) is 3.21. The fraction of sp³-hybridized carbons (Fsp3) is 0.467. The van der Waals surface area contributed by atoms with Crippen molar-refractivity contribution in [1.29, 1.82) is 0 Å². The first-order valence-corrected chi connectivity index (χ1v) is 5.82. The summed E-state index contributed by atoms with van der Waals surface area (Å²) < 4.78 is 14.6. The summed E-state index contributed by atoms with van der Waals surface area (Å²) in [5.74, 6) is 0. The highest BCUT2D eigenvalue weighted by Crippen LogP contribution is 2.39. The summed E-state index contributed by atoms with van der Waals surface area (Å²) in [4.78, 5) is 0. The summed E-state index contributed by atoms with van der Waals surface area (Å²) >= 11 is 0. The van der Waals surface area contributed by atoms with E-state index in [1.165, 1.54) is 5.22 Å². The molecule has 0 radical (unpaired) electrons. The number of fused-ring (bicyclic) bond motifs is 1. The summed E-state index contributed by atoms with van der Waals surface area (Å²) in [6.45, 7) is 7.95. The summed E-state index contributed by atoms with van der Waals surface area (Å²) in [6.07, 6.45) is 2.49. The van der Waals surface area contributed by atoms with Crippen LogP contribution in [0.2, 0.25) is 0 Å². The molecule has 2 rings (SSSR count). The molecule has 1 aliphatic rings. The third-order valence-corrected chi connectivity index (χ3v) is 3.21. The lowest BCUT2D eigenvalue weighted by molar-refractivity contribution is 0.248. The molecular weight excluding hydrogens is 199 g/mol. The van der Waals surface area contributed by atoms with E-state index < -0.39 is 5.67 Å². The monoisotopic (exact) mass is 218 g/mol. The highest BCUT2D eigenvalue weighted by atomic mass is 19.1. The van der Waals surface area contributed by atoms with Crippen LogP contribution in [0.25, 0.3) is 11.6 Å². The molecule has 0 heterocycles. The van der Waals surface area contributed by atoms with Crippen molar-refractivity contribution in [3.63, 3.8) is 0 Å². The molecule has 0 N–H and O–H groups in total. The zero-order valence-corrected chi connectivity index (χ0v) is 10.5. The maximum Gasteiger partial charge on any atom is 0.134 e. The number of alkyl halides is 1. The highest BCUT2D eigenvalue weighted by molar-refractivity contribution is 5.63. The molecule has 1 aromatic rings. The van der Waals surface area contributed by atoms with Crippen molar-refractivity contribution in [3.05, 3.63) is 34.7 Å². The Morgan fingerprint density at radius 2 is 1.81 bits per heavy atom. The van der Waals surface area contributed by atoms with Crippen molar-refractivity contribution in [1.82, 2.24) is 0 Å². The van der Waals surface area contributed by atoms with Crippen molar-refractivity contribution in [2.45, 2.75) is 39.8 Å². The number of benzene rings is 1. The quantitative estimate of drug-likeness (QED) is 0.628. The Balaban J connectivity index is 2.89. The van der Waals surface area contributed by atoms with Crippen LogP contribution < -0.4 is 10.4 Å². The topological polar surface area (TPSA) is 0 Å². The highest BCUT2D eigenvalue weighted by Gasteiger charge is 2.36. The Hall–Kier alpha value is -1.11. The number of rotatable bonds is 0. The fourth-order valence-electron chi connectivity index (χ4n) is 2.77. The molecule has 0 bridgehead atoms. The van der Waals surface area contributed by atoms with Crippen LogP contribution in [0.4, 0.5) is 4.39 Å². The Kier molecular flexibility index (Phi) is 2.45. The summed E-state index contributed by atoms with van der Waals surface area (Å²) in [5, 5.41) is 2.24. The van der Waals surface area contributed by atoms with Crippen LogP contribution in [0.5, 0.6) is 0 Å². The van der Waals surface area contributed by atoms with Crippen molar-refractivity contribution < 1.29 is 4.39 Å². The van der Waals surface area contributed by atoms with E-state index in [4.69, 9.17) is 0 Å². The van der Waals surface area contributed by atoms with Gasteiger partial charge in [0.25, 0.3) is 0 Å². The van der Waals surface area contributed by atoms with Gasteiger partial charge in [0.05, 0.1) is 0 Å². The fourth-order valence-corrected chi connectivity index (χ4v) is 2.77. The number of hydrogen-bond donors (Lipinski definition) is 0. The van der Waals surface area contributed by atoms with Crippen LogP contribution in [0.1, 0.15) is 34.1 Å². The minimum atomic E-state index is -1.22. The van der Waals surface area contributed by atoms with Gasteiger partial charge in [-0.25, -0.2) is 4.39 Å². The van der Waals surface area contributed by atoms with Gasteiger partial charge in [0.1, 0.15) is 5.67 Å². The molecule has 16 heavy (non-hydrogen) atoms. The van der Waals surface area contributed by atoms with Crippen LogP contribution in [0, 0.1) is 5.41 Å². The molecule has 1 atom stereocenters. The Labute approximate surface area is 96.5 Å². The van der Waals surface area contributed by atoms with Gasteiger partial charge in [-0.05, 0) is 28.3 Å². The summed E-state index contributed by atoms with van der Waals surface area (Å²) in [6, 6.07) is 8.09. The molecule has 0 aliphatic heterocycles. The molecule has 1 aliphatic carbocycles. The van der Waals surface area contributed by atoms with Gasteiger partial charge >= 0.3 is 0 Å². The Morgan fingerprint density at radius 1 is 1.19 bits per heavy atom. The van der Waals surface area contributed by atoms with E-state index >= 15 is 0 Å². The zero-order chi connectivity index (χ0) is 12.0. The molecule has 0 saturated heterocycles. The average Bonchev–Trinajstić information content (AvgIpc) is 2.14. The minimum Gasteiger partial charge on any atom is -0.239 e. The maximum absolute atomic E-state index is 14.6. The lowest BCUT2D eigenvalue weighted by Crippen LogP contribution is -2.43. The number of halogens is 1. The van der Waals surface area contributed by atoms with Gasteiger partial charge in [0.2, 0.25) is 0 Å². The van der Waals surface area contributed by atoms with Gasteiger partial charge in [0.15, 0.2) is 0 Å². The van der Waals surface area contributed by atoms with Crippen LogP contribution in [-0.2, 0) is 0 Å². The number of hydrogen-bond acceptors (Lipinski definition) is 0.